The van der Waals surface area contributed by atoms with E-state index in [0.717, 1.165) is 0 Å². The summed E-state index contributed by atoms with van der Waals surface area (Å²) in [6.45, 7) is 0.213. The van der Waals surface area contributed by atoms with E-state index in [1.54, 1.807) is 42.5 Å². The second-order valence-corrected chi connectivity index (χ2v) is 4.64. The van der Waals surface area contributed by atoms with Crippen molar-refractivity contribution in [3.8, 4) is 11.8 Å². The molecule has 1 amide bonds. The molecule has 0 saturated carbocycles. The minimum atomic E-state index is -0.218. The Morgan fingerprint density at radius 3 is 2.67 bits per heavy atom. The van der Waals surface area contributed by atoms with Crippen LogP contribution in [0.25, 0.3) is 0 Å². The molecule has 1 N–H and O–H groups in total. The second-order valence-electron chi connectivity index (χ2n) is 4.23. The van der Waals surface area contributed by atoms with Gasteiger partial charge >= 0.3 is 0 Å². The summed E-state index contributed by atoms with van der Waals surface area (Å²) in [6.07, 6.45) is 0.172. The van der Waals surface area contributed by atoms with Crippen LogP contribution in [0.2, 0.25) is 5.02 Å². The maximum atomic E-state index is 11.8. The molecule has 0 unspecified atom stereocenters. The Kier molecular flexibility index (Phi) is 5.19. The van der Waals surface area contributed by atoms with Gasteiger partial charge in [-0.25, -0.2) is 0 Å². The molecule has 0 fully saturated rings. The number of amides is 1. The molecular weight excluding hydrogens is 288 g/mol. The van der Waals surface area contributed by atoms with Gasteiger partial charge in [0.25, 0.3) is 0 Å². The van der Waals surface area contributed by atoms with Gasteiger partial charge in [0.2, 0.25) is 5.91 Å². The van der Waals surface area contributed by atoms with Crippen molar-refractivity contribution in [2.45, 2.75) is 6.42 Å². The van der Waals surface area contributed by atoms with E-state index in [0.29, 0.717) is 22.0 Å². The van der Waals surface area contributed by atoms with Crippen LogP contribution in [0.15, 0.2) is 48.5 Å². The molecule has 4 nitrogen and oxygen atoms in total. The van der Waals surface area contributed by atoms with Crippen molar-refractivity contribution < 1.29 is 9.53 Å². The van der Waals surface area contributed by atoms with Gasteiger partial charge in [-0.05, 0) is 24.3 Å². The Morgan fingerprint density at radius 1 is 1.19 bits per heavy atom. The van der Waals surface area contributed by atoms with Crippen LogP contribution in [-0.4, -0.2) is 12.5 Å². The number of ether oxygens (including phenoxy) is 1. The molecule has 0 spiro atoms. The molecule has 106 valence electrons. The van der Waals surface area contributed by atoms with Crippen LogP contribution in [0.4, 0.5) is 5.69 Å². The highest BCUT2D eigenvalue weighted by molar-refractivity contribution is 6.32. The number of hydrogen-bond donors (Lipinski definition) is 1. The number of anilines is 1. The fraction of sp³-hybridized carbons (Fsp3) is 0.125. The van der Waals surface area contributed by atoms with E-state index >= 15 is 0 Å². The summed E-state index contributed by atoms with van der Waals surface area (Å²) in [4.78, 5) is 11.8. The molecule has 5 heteroatoms. The molecule has 0 heterocycles. The molecule has 0 saturated heterocycles. The number of benzene rings is 2. The fourth-order valence-electron chi connectivity index (χ4n) is 1.72. The first-order valence-electron chi connectivity index (χ1n) is 6.37. The molecule has 2 aromatic rings. The van der Waals surface area contributed by atoms with Crippen molar-refractivity contribution in [3.05, 3.63) is 59.1 Å². The zero-order chi connectivity index (χ0) is 15.1. The van der Waals surface area contributed by atoms with Crippen LogP contribution in [0.5, 0.6) is 5.75 Å². The molecule has 2 rings (SSSR count). The van der Waals surface area contributed by atoms with E-state index in [4.69, 9.17) is 21.6 Å². The molecule has 0 aromatic heterocycles. The van der Waals surface area contributed by atoms with Gasteiger partial charge in [-0.2, -0.15) is 5.26 Å². The number of rotatable bonds is 5. The van der Waals surface area contributed by atoms with Crippen LogP contribution < -0.4 is 10.1 Å². The summed E-state index contributed by atoms with van der Waals surface area (Å²) in [5.74, 6) is 0.328. The summed E-state index contributed by atoms with van der Waals surface area (Å²) >= 11 is 5.95. The lowest BCUT2D eigenvalue weighted by Crippen LogP contribution is -2.16. The molecule has 0 bridgehead atoms. The van der Waals surface area contributed by atoms with E-state index < -0.39 is 0 Å². The molecule has 0 aliphatic carbocycles. The molecule has 21 heavy (non-hydrogen) atoms. The van der Waals surface area contributed by atoms with Crippen molar-refractivity contribution in [2.75, 3.05) is 11.9 Å². The number of carbonyl (C=O) groups is 1. The van der Waals surface area contributed by atoms with Crippen molar-refractivity contribution in [2.24, 2.45) is 0 Å². The first kappa shape index (κ1) is 14.9. The molecule has 0 aliphatic heterocycles. The Hall–Kier alpha value is -2.51. The van der Waals surface area contributed by atoms with Crippen LogP contribution in [-0.2, 0) is 4.79 Å². The summed E-state index contributed by atoms with van der Waals surface area (Å²) in [7, 11) is 0. The van der Waals surface area contributed by atoms with Crippen molar-refractivity contribution in [3.63, 3.8) is 0 Å². The Morgan fingerprint density at radius 2 is 1.90 bits per heavy atom. The Balaban J connectivity index is 1.86. The number of hydrogen-bond acceptors (Lipinski definition) is 3. The van der Waals surface area contributed by atoms with Crippen LogP contribution in [0.3, 0.4) is 0 Å². The highest BCUT2D eigenvalue weighted by Gasteiger charge is 2.07. The van der Waals surface area contributed by atoms with Gasteiger partial charge in [-0.15, -0.1) is 0 Å². The maximum absolute atomic E-state index is 11.8. The third kappa shape index (κ3) is 4.23. The van der Waals surface area contributed by atoms with Crippen LogP contribution >= 0.6 is 11.6 Å². The maximum Gasteiger partial charge on any atom is 0.227 e. The van der Waals surface area contributed by atoms with E-state index in [2.05, 4.69) is 5.32 Å². The van der Waals surface area contributed by atoms with Crippen LogP contribution in [0.1, 0.15) is 12.0 Å². The highest BCUT2D eigenvalue weighted by Crippen LogP contribution is 2.23. The number of nitriles is 1. The third-order valence-electron chi connectivity index (χ3n) is 2.74. The Bertz CT molecular complexity index is 680. The van der Waals surface area contributed by atoms with Crippen LogP contribution in [0, 0.1) is 11.3 Å². The van der Waals surface area contributed by atoms with E-state index in [-0.39, 0.29) is 18.9 Å². The molecule has 0 radical (unpaired) electrons. The van der Waals surface area contributed by atoms with Crippen molar-refractivity contribution in [1.82, 2.24) is 0 Å². The third-order valence-corrected chi connectivity index (χ3v) is 3.06. The zero-order valence-electron chi connectivity index (χ0n) is 11.2. The van der Waals surface area contributed by atoms with Gasteiger partial charge in [-0.1, -0.05) is 35.9 Å². The number of nitrogens with zero attached hydrogens (tertiary/aromatic N) is 1. The van der Waals surface area contributed by atoms with Gasteiger partial charge in [0, 0.05) is 0 Å². The van der Waals surface area contributed by atoms with Gasteiger partial charge < -0.3 is 10.1 Å². The zero-order valence-corrected chi connectivity index (χ0v) is 11.9. The van der Waals surface area contributed by atoms with Gasteiger partial charge in [0.15, 0.2) is 0 Å². The van der Waals surface area contributed by atoms with E-state index in [1.165, 1.54) is 0 Å². The van der Waals surface area contributed by atoms with E-state index in [1.807, 2.05) is 12.1 Å². The van der Waals surface area contributed by atoms with Crippen molar-refractivity contribution in [1.29, 1.82) is 5.26 Å². The average Bonchev–Trinajstić information content (AvgIpc) is 2.50. The highest BCUT2D eigenvalue weighted by atomic mass is 35.5. The SMILES string of the molecule is N#Cc1ccccc1NC(=O)CCOc1ccccc1Cl. The predicted molar refractivity (Wildman–Crippen MR) is 81.4 cm³/mol. The topological polar surface area (TPSA) is 62.1 Å². The molecule has 0 atom stereocenters. The summed E-state index contributed by atoms with van der Waals surface area (Å²) in [5, 5.41) is 12.1. The fourth-order valence-corrected chi connectivity index (χ4v) is 1.91. The van der Waals surface area contributed by atoms with Gasteiger partial charge in [-0.3, -0.25) is 4.79 Å². The van der Waals surface area contributed by atoms with E-state index in [9.17, 15) is 4.79 Å². The lowest BCUT2D eigenvalue weighted by molar-refractivity contribution is -0.116. The normalized spacial score (nSPS) is 9.71. The Labute approximate surface area is 127 Å². The smallest absolute Gasteiger partial charge is 0.227 e. The largest absolute Gasteiger partial charge is 0.491 e. The van der Waals surface area contributed by atoms with Gasteiger partial charge in [0.1, 0.15) is 11.8 Å². The summed E-state index contributed by atoms with van der Waals surface area (Å²) < 4.78 is 5.44. The van der Waals surface area contributed by atoms with Crippen molar-refractivity contribution >= 4 is 23.2 Å². The first-order valence-corrected chi connectivity index (χ1v) is 6.75. The first-order chi connectivity index (χ1) is 10.2. The number of carbonyl (C=O) groups excluding carboxylic acids is 1. The minimum absolute atomic E-state index is 0.172. The quantitative estimate of drug-likeness (QED) is 0.917. The summed E-state index contributed by atoms with van der Waals surface area (Å²) in [5.41, 5.74) is 0.931. The summed E-state index contributed by atoms with van der Waals surface area (Å²) in [6, 6.07) is 15.9. The second kappa shape index (κ2) is 7.32. The number of nitrogens with one attached hydrogen (secondary N) is 1. The van der Waals surface area contributed by atoms with Gasteiger partial charge in [0.05, 0.1) is 29.3 Å². The number of halogens is 1. The molecule has 0 aliphatic rings. The molecular formula is C16H13ClN2O2. The lowest BCUT2D eigenvalue weighted by atomic mass is 10.2. The average molecular weight is 301 g/mol. The standard InChI is InChI=1S/C16H13ClN2O2/c17-13-6-2-4-8-15(13)21-10-9-16(20)19-14-7-3-1-5-12(14)11-18/h1-8H,9-10H2,(H,19,20). The molecule has 2 aromatic carbocycles. The monoisotopic (exact) mass is 300 g/mol. The minimum Gasteiger partial charge on any atom is -0.491 e. The predicted octanol–water partition coefficient (Wildman–Crippen LogP) is 3.62. The lowest BCUT2D eigenvalue weighted by Gasteiger charge is -2.09. The number of para-hydroxylation sites is 2.